The number of nitrogens with zero attached hydrogens (tertiary/aromatic N) is 1. The van der Waals surface area contributed by atoms with Gasteiger partial charge in [-0.15, -0.1) is 0 Å². The number of rotatable bonds is 2. The van der Waals surface area contributed by atoms with Gasteiger partial charge in [-0.3, -0.25) is 0 Å². The minimum absolute atomic E-state index is 0.166. The lowest BCUT2D eigenvalue weighted by molar-refractivity contribution is 0.107. The first-order valence-electron chi connectivity index (χ1n) is 6.78. The van der Waals surface area contributed by atoms with Crippen LogP contribution in [0.2, 0.25) is 0 Å². The normalized spacial score (nSPS) is 20.3. The SMILES string of the molecule is CCOC(=O)N1CCCC[C@H](c2ccccc2)C1. The molecule has 1 aromatic carbocycles. The molecule has 0 unspecified atom stereocenters. The first-order chi connectivity index (χ1) is 8.81. The van der Waals surface area contributed by atoms with E-state index in [1.807, 2.05) is 17.9 Å². The summed E-state index contributed by atoms with van der Waals surface area (Å²) in [7, 11) is 0. The molecule has 1 atom stereocenters. The maximum absolute atomic E-state index is 11.8. The molecule has 1 saturated heterocycles. The van der Waals surface area contributed by atoms with Crippen molar-refractivity contribution >= 4 is 6.09 Å². The molecule has 1 aromatic rings. The molecule has 1 aliphatic heterocycles. The van der Waals surface area contributed by atoms with Crippen LogP contribution in [0, 0.1) is 0 Å². The van der Waals surface area contributed by atoms with E-state index < -0.39 is 0 Å². The van der Waals surface area contributed by atoms with E-state index in [-0.39, 0.29) is 6.09 Å². The van der Waals surface area contributed by atoms with Gasteiger partial charge in [-0.1, -0.05) is 36.8 Å². The zero-order chi connectivity index (χ0) is 12.8. The first kappa shape index (κ1) is 12.9. The summed E-state index contributed by atoms with van der Waals surface area (Å²) in [6.45, 7) is 3.90. The average Bonchev–Trinajstić information content (AvgIpc) is 2.66. The smallest absolute Gasteiger partial charge is 0.409 e. The third-order valence-corrected chi connectivity index (χ3v) is 3.47. The fraction of sp³-hybridized carbons (Fsp3) is 0.533. The molecule has 18 heavy (non-hydrogen) atoms. The van der Waals surface area contributed by atoms with Gasteiger partial charge in [0, 0.05) is 19.0 Å². The maximum Gasteiger partial charge on any atom is 0.409 e. The third-order valence-electron chi connectivity index (χ3n) is 3.47. The quantitative estimate of drug-likeness (QED) is 0.801. The van der Waals surface area contributed by atoms with Crippen LogP contribution in [0.25, 0.3) is 0 Å². The highest BCUT2D eigenvalue weighted by Gasteiger charge is 2.23. The molecule has 0 bridgehead atoms. The molecule has 0 radical (unpaired) electrons. The Morgan fingerprint density at radius 1 is 1.33 bits per heavy atom. The van der Waals surface area contributed by atoms with Gasteiger partial charge in [0.05, 0.1) is 6.61 Å². The van der Waals surface area contributed by atoms with Gasteiger partial charge in [0.2, 0.25) is 0 Å². The Labute approximate surface area is 109 Å². The Morgan fingerprint density at radius 3 is 2.83 bits per heavy atom. The molecule has 2 rings (SSSR count). The zero-order valence-electron chi connectivity index (χ0n) is 11.0. The van der Waals surface area contributed by atoms with Crippen LogP contribution >= 0.6 is 0 Å². The molecule has 3 heteroatoms. The highest BCUT2D eigenvalue weighted by Crippen LogP contribution is 2.26. The number of hydrogen-bond acceptors (Lipinski definition) is 2. The van der Waals surface area contributed by atoms with Crippen LogP contribution in [0.3, 0.4) is 0 Å². The molecule has 0 N–H and O–H groups in total. The fourth-order valence-corrected chi connectivity index (χ4v) is 2.52. The lowest BCUT2D eigenvalue weighted by Crippen LogP contribution is -2.34. The van der Waals surface area contributed by atoms with Gasteiger partial charge in [-0.05, 0) is 25.3 Å². The predicted octanol–water partition coefficient (Wildman–Crippen LogP) is 3.41. The molecule has 0 aromatic heterocycles. The van der Waals surface area contributed by atoms with Crippen molar-refractivity contribution in [2.24, 2.45) is 0 Å². The van der Waals surface area contributed by atoms with E-state index in [0.717, 1.165) is 25.9 Å². The molecule has 3 nitrogen and oxygen atoms in total. The molecule has 1 fully saturated rings. The van der Waals surface area contributed by atoms with Crippen molar-refractivity contribution in [3.63, 3.8) is 0 Å². The van der Waals surface area contributed by atoms with E-state index in [1.54, 1.807) is 0 Å². The number of hydrogen-bond donors (Lipinski definition) is 0. The lowest BCUT2D eigenvalue weighted by Gasteiger charge is -2.23. The third kappa shape index (κ3) is 3.25. The second kappa shape index (κ2) is 6.43. The summed E-state index contributed by atoms with van der Waals surface area (Å²) in [6.07, 6.45) is 3.23. The van der Waals surface area contributed by atoms with Crippen molar-refractivity contribution in [3.05, 3.63) is 35.9 Å². The average molecular weight is 247 g/mol. The Morgan fingerprint density at radius 2 is 2.11 bits per heavy atom. The number of carbonyl (C=O) groups excluding carboxylic acids is 1. The molecule has 0 aliphatic carbocycles. The number of amides is 1. The first-order valence-corrected chi connectivity index (χ1v) is 6.78. The number of carbonyl (C=O) groups is 1. The topological polar surface area (TPSA) is 29.5 Å². The van der Waals surface area contributed by atoms with Gasteiger partial charge in [-0.2, -0.15) is 0 Å². The van der Waals surface area contributed by atoms with Crippen LogP contribution in [-0.2, 0) is 4.74 Å². The molecule has 1 heterocycles. The second-order valence-electron chi connectivity index (χ2n) is 4.75. The minimum atomic E-state index is -0.166. The van der Waals surface area contributed by atoms with Crippen molar-refractivity contribution < 1.29 is 9.53 Å². The van der Waals surface area contributed by atoms with Crippen LogP contribution in [0.4, 0.5) is 4.79 Å². The van der Waals surface area contributed by atoms with Crippen LogP contribution in [0.5, 0.6) is 0 Å². The molecule has 0 spiro atoms. The van der Waals surface area contributed by atoms with E-state index in [0.29, 0.717) is 12.5 Å². The summed E-state index contributed by atoms with van der Waals surface area (Å²) < 4.78 is 5.11. The summed E-state index contributed by atoms with van der Waals surface area (Å²) in [5, 5.41) is 0. The van der Waals surface area contributed by atoms with Crippen LogP contribution < -0.4 is 0 Å². The van der Waals surface area contributed by atoms with Gasteiger partial charge in [0.15, 0.2) is 0 Å². The Hall–Kier alpha value is -1.51. The van der Waals surface area contributed by atoms with E-state index in [9.17, 15) is 4.79 Å². The predicted molar refractivity (Wildman–Crippen MR) is 71.6 cm³/mol. The van der Waals surface area contributed by atoms with Gasteiger partial charge >= 0.3 is 6.09 Å². The molecular weight excluding hydrogens is 226 g/mol. The Bertz CT molecular complexity index is 377. The molecule has 1 aliphatic rings. The van der Waals surface area contributed by atoms with Crippen molar-refractivity contribution in [2.75, 3.05) is 19.7 Å². The van der Waals surface area contributed by atoms with Gasteiger partial charge in [0.25, 0.3) is 0 Å². The van der Waals surface area contributed by atoms with E-state index in [1.165, 1.54) is 12.0 Å². The number of benzene rings is 1. The molecule has 1 amide bonds. The van der Waals surface area contributed by atoms with E-state index in [4.69, 9.17) is 4.74 Å². The van der Waals surface area contributed by atoms with Crippen LogP contribution in [0.15, 0.2) is 30.3 Å². The van der Waals surface area contributed by atoms with Crippen LogP contribution in [0.1, 0.15) is 37.7 Å². The van der Waals surface area contributed by atoms with Gasteiger partial charge < -0.3 is 9.64 Å². The fourth-order valence-electron chi connectivity index (χ4n) is 2.52. The monoisotopic (exact) mass is 247 g/mol. The van der Waals surface area contributed by atoms with E-state index >= 15 is 0 Å². The van der Waals surface area contributed by atoms with E-state index in [2.05, 4.69) is 24.3 Å². The number of likely N-dealkylation sites (tertiary alicyclic amines) is 1. The molecule has 0 saturated carbocycles. The van der Waals surface area contributed by atoms with Gasteiger partial charge in [0.1, 0.15) is 0 Å². The maximum atomic E-state index is 11.8. The largest absolute Gasteiger partial charge is 0.450 e. The van der Waals surface area contributed by atoms with Crippen molar-refractivity contribution in [1.82, 2.24) is 4.90 Å². The van der Waals surface area contributed by atoms with Crippen LogP contribution in [-0.4, -0.2) is 30.7 Å². The van der Waals surface area contributed by atoms with Crippen molar-refractivity contribution in [1.29, 1.82) is 0 Å². The second-order valence-corrected chi connectivity index (χ2v) is 4.75. The molecule has 98 valence electrons. The van der Waals surface area contributed by atoms with Gasteiger partial charge in [-0.25, -0.2) is 4.79 Å². The Balaban J connectivity index is 2.06. The summed E-state index contributed by atoms with van der Waals surface area (Å²) in [5.41, 5.74) is 1.33. The molecular formula is C15H21NO2. The number of ether oxygens (including phenoxy) is 1. The Kier molecular flexibility index (Phi) is 4.62. The highest BCUT2D eigenvalue weighted by atomic mass is 16.6. The lowest BCUT2D eigenvalue weighted by atomic mass is 9.94. The zero-order valence-corrected chi connectivity index (χ0v) is 11.0. The summed E-state index contributed by atoms with van der Waals surface area (Å²) in [6, 6.07) is 10.5. The minimum Gasteiger partial charge on any atom is -0.450 e. The van der Waals surface area contributed by atoms with Crippen molar-refractivity contribution in [3.8, 4) is 0 Å². The van der Waals surface area contributed by atoms with Crippen molar-refractivity contribution in [2.45, 2.75) is 32.1 Å². The summed E-state index contributed by atoms with van der Waals surface area (Å²) in [4.78, 5) is 13.7. The summed E-state index contributed by atoms with van der Waals surface area (Å²) in [5.74, 6) is 0.443. The highest BCUT2D eigenvalue weighted by molar-refractivity contribution is 5.67. The summed E-state index contributed by atoms with van der Waals surface area (Å²) >= 11 is 0. The standard InChI is InChI=1S/C15H21NO2/c1-2-18-15(17)16-11-7-6-10-14(12-16)13-8-4-3-5-9-13/h3-5,8-9,14H,2,6-7,10-12H2,1H3/t14-/m0/s1.